The van der Waals surface area contributed by atoms with Crippen LogP contribution >= 0.6 is 0 Å². The van der Waals surface area contributed by atoms with Gasteiger partial charge in [0, 0.05) is 23.9 Å². The minimum Gasteiger partial charge on any atom is -0.463 e. The smallest absolute Gasteiger partial charge is 0.312 e. The maximum absolute atomic E-state index is 13.0. The molecule has 0 aliphatic rings. The first-order chi connectivity index (χ1) is 16.5. The van der Waals surface area contributed by atoms with Crippen molar-refractivity contribution in [3.63, 3.8) is 0 Å². The van der Waals surface area contributed by atoms with Gasteiger partial charge in [0.05, 0.1) is 11.8 Å². The van der Waals surface area contributed by atoms with E-state index in [4.69, 9.17) is 13.9 Å². The van der Waals surface area contributed by atoms with Gasteiger partial charge in [-0.1, -0.05) is 52.0 Å². The monoisotopic (exact) mass is 494 g/mol. The van der Waals surface area contributed by atoms with Crippen molar-refractivity contribution in [2.24, 2.45) is 10.8 Å². The van der Waals surface area contributed by atoms with Crippen LogP contribution in [0.4, 0.5) is 0 Å². The predicted octanol–water partition coefficient (Wildman–Crippen LogP) is 7.92. The van der Waals surface area contributed by atoms with Gasteiger partial charge in [0.25, 0.3) is 0 Å². The van der Waals surface area contributed by atoms with E-state index in [1.807, 2.05) is 44.2 Å². The van der Waals surface area contributed by atoms with Crippen LogP contribution in [-0.2, 0) is 16.0 Å². The summed E-state index contributed by atoms with van der Waals surface area (Å²) in [6.07, 6.45) is 1.70. The standard InChI is InChI=1S/C31H42O5/c1-10-21-13-11-12-14-24(21)26-17-22-15-16-23(18-25(22)34-26)35-31(9,33)20-30(7,8)36-27(32)29(5,6)19-28(2,3)4/h11-18,33H,10,19-20H2,1-9H3. The average molecular weight is 495 g/mol. The number of hydrogen-bond acceptors (Lipinski definition) is 5. The second-order valence-corrected chi connectivity index (χ2v) is 12.5. The van der Waals surface area contributed by atoms with Crippen molar-refractivity contribution >= 4 is 16.9 Å². The van der Waals surface area contributed by atoms with Gasteiger partial charge in [0.15, 0.2) is 0 Å². The fourth-order valence-corrected chi connectivity index (χ4v) is 5.18. The number of carbonyl (C=O) groups excluding carboxylic acids is 1. The van der Waals surface area contributed by atoms with Gasteiger partial charge in [0.1, 0.15) is 22.7 Å². The molecule has 0 fully saturated rings. The highest BCUT2D eigenvalue weighted by molar-refractivity contribution is 5.84. The molecule has 0 aliphatic heterocycles. The van der Waals surface area contributed by atoms with Crippen LogP contribution in [0.1, 0.15) is 80.7 Å². The van der Waals surface area contributed by atoms with Crippen molar-refractivity contribution < 1.29 is 23.8 Å². The summed E-state index contributed by atoms with van der Waals surface area (Å²) in [5.74, 6) is -0.560. The van der Waals surface area contributed by atoms with Crippen LogP contribution in [0.2, 0.25) is 0 Å². The van der Waals surface area contributed by atoms with E-state index in [0.717, 1.165) is 23.1 Å². The quantitative estimate of drug-likeness (QED) is 0.242. The van der Waals surface area contributed by atoms with E-state index >= 15 is 0 Å². The Morgan fingerprint density at radius 1 is 0.917 bits per heavy atom. The number of carbonyl (C=O) groups is 1. The number of aliphatic hydroxyl groups is 1. The van der Waals surface area contributed by atoms with Crippen LogP contribution in [0.15, 0.2) is 52.9 Å². The lowest BCUT2D eigenvalue weighted by Gasteiger charge is -2.37. The molecule has 0 aliphatic carbocycles. The van der Waals surface area contributed by atoms with E-state index in [1.54, 1.807) is 26.8 Å². The number of aryl methyl sites for hydroxylation is 1. The number of benzene rings is 2. The molecular weight excluding hydrogens is 452 g/mol. The Balaban J connectivity index is 1.73. The Kier molecular flexibility index (Phi) is 7.67. The lowest BCUT2D eigenvalue weighted by atomic mass is 9.76. The van der Waals surface area contributed by atoms with Gasteiger partial charge in [-0.05, 0) is 69.7 Å². The van der Waals surface area contributed by atoms with Crippen LogP contribution in [0.5, 0.6) is 5.75 Å². The molecule has 5 heteroatoms. The minimum absolute atomic E-state index is 0.00968. The zero-order chi connectivity index (χ0) is 26.9. The van der Waals surface area contributed by atoms with E-state index in [2.05, 4.69) is 39.8 Å². The molecule has 1 aromatic heterocycles. The molecule has 3 rings (SSSR count). The number of rotatable bonds is 9. The molecule has 2 aromatic carbocycles. The molecule has 3 aromatic rings. The number of esters is 1. The second-order valence-electron chi connectivity index (χ2n) is 12.5. The highest BCUT2D eigenvalue weighted by Gasteiger charge is 2.40. The minimum atomic E-state index is -1.56. The number of ether oxygens (including phenoxy) is 2. The summed E-state index contributed by atoms with van der Waals surface area (Å²) in [5.41, 5.74) is 1.40. The Hall–Kier alpha value is -2.79. The molecule has 1 N–H and O–H groups in total. The Bertz CT molecular complexity index is 1210. The van der Waals surface area contributed by atoms with Crippen molar-refractivity contribution in [1.29, 1.82) is 0 Å². The summed E-state index contributed by atoms with van der Waals surface area (Å²) in [6.45, 7) is 17.4. The third-order valence-electron chi connectivity index (χ3n) is 6.14. The molecule has 0 amide bonds. The van der Waals surface area contributed by atoms with Gasteiger partial charge in [-0.2, -0.15) is 0 Å². The zero-order valence-corrected chi connectivity index (χ0v) is 23.3. The largest absolute Gasteiger partial charge is 0.463 e. The molecule has 0 bridgehead atoms. The van der Waals surface area contributed by atoms with Crippen LogP contribution in [0, 0.1) is 10.8 Å². The molecule has 1 unspecified atom stereocenters. The Labute approximate surface area is 215 Å². The van der Waals surface area contributed by atoms with E-state index in [9.17, 15) is 9.90 Å². The summed E-state index contributed by atoms with van der Waals surface area (Å²) in [7, 11) is 0. The van der Waals surface area contributed by atoms with Crippen molar-refractivity contribution in [2.45, 2.75) is 93.0 Å². The predicted molar refractivity (Wildman–Crippen MR) is 145 cm³/mol. The lowest BCUT2D eigenvalue weighted by molar-refractivity contribution is -0.191. The second kappa shape index (κ2) is 9.93. The molecule has 0 saturated carbocycles. The van der Waals surface area contributed by atoms with Crippen LogP contribution in [0.3, 0.4) is 0 Å². The molecule has 5 nitrogen and oxygen atoms in total. The number of hydrogen-bond donors (Lipinski definition) is 1. The van der Waals surface area contributed by atoms with E-state index in [0.29, 0.717) is 17.8 Å². The average Bonchev–Trinajstić information content (AvgIpc) is 3.13. The van der Waals surface area contributed by atoms with Crippen molar-refractivity contribution in [3.05, 3.63) is 54.1 Å². The first kappa shape index (κ1) is 27.8. The van der Waals surface area contributed by atoms with E-state index < -0.39 is 16.8 Å². The van der Waals surface area contributed by atoms with E-state index in [1.165, 1.54) is 5.56 Å². The fraction of sp³-hybridized carbons (Fsp3) is 0.516. The molecule has 196 valence electrons. The maximum atomic E-state index is 13.0. The first-order valence-corrected chi connectivity index (χ1v) is 12.8. The summed E-state index contributed by atoms with van der Waals surface area (Å²) in [4.78, 5) is 13.0. The van der Waals surface area contributed by atoms with E-state index in [-0.39, 0.29) is 17.8 Å². The maximum Gasteiger partial charge on any atom is 0.312 e. The third-order valence-corrected chi connectivity index (χ3v) is 6.14. The SMILES string of the molecule is CCc1ccccc1-c1cc2ccc(OC(C)(O)CC(C)(C)OC(=O)C(C)(C)CC(C)(C)C)cc2o1. The summed E-state index contributed by atoms with van der Waals surface area (Å²) < 4.78 is 18.0. The highest BCUT2D eigenvalue weighted by atomic mass is 16.6. The zero-order valence-electron chi connectivity index (χ0n) is 23.3. The number of furan rings is 1. The number of fused-ring (bicyclic) bond motifs is 1. The van der Waals surface area contributed by atoms with Gasteiger partial charge < -0.3 is 19.0 Å². The molecule has 36 heavy (non-hydrogen) atoms. The molecule has 1 atom stereocenters. The van der Waals surface area contributed by atoms with Crippen molar-refractivity contribution in [1.82, 2.24) is 0 Å². The Morgan fingerprint density at radius 2 is 1.58 bits per heavy atom. The molecular formula is C31H42O5. The van der Waals surface area contributed by atoms with Crippen molar-refractivity contribution in [2.75, 3.05) is 0 Å². The van der Waals surface area contributed by atoms with Crippen LogP contribution < -0.4 is 4.74 Å². The van der Waals surface area contributed by atoms with Gasteiger partial charge in [-0.25, -0.2) is 0 Å². The summed E-state index contributed by atoms with van der Waals surface area (Å²) in [5, 5.41) is 12.0. The van der Waals surface area contributed by atoms with Crippen LogP contribution in [-0.4, -0.2) is 22.5 Å². The van der Waals surface area contributed by atoms with Crippen LogP contribution in [0.25, 0.3) is 22.3 Å². The fourth-order valence-electron chi connectivity index (χ4n) is 5.18. The summed E-state index contributed by atoms with van der Waals surface area (Å²) >= 11 is 0. The van der Waals surface area contributed by atoms with Gasteiger partial charge in [-0.3, -0.25) is 4.79 Å². The first-order valence-electron chi connectivity index (χ1n) is 12.8. The molecule has 1 heterocycles. The normalized spacial score (nSPS) is 14.5. The molecule has 0 saturated heterocycles. The molecule has 0 radical (unpaired) electrons. The molecule has 0 spiro atoms. The third kappa shape index (κ3) is 7.13. The van der Waals surface area contributed by atoms with Gasteiger partial charge in [-0.15, -0.1) is 0 Å². The lowest BCUT2D eigenvalue weighted by Crippen LogP contribution is -2.45. The topological polar surface area (TPSA) is 68.9 Å². The van der Waals surface area contributed by atoms with Gasteiger partial charge in [0.2, 0.25) is 5.79 Å². The highest BCUT2D eigenvalue weighted by Crippen LogP contribution is 2.37. The van der Waals surface area contributed by atoms with Crippen molar-refractivity contribution in [3.8, 4) is 17.1 Å². The van der Waals surface area contributed by atoms with Gasteiger partial charge >= 0.3 is 5.97 Å². The summed E-state index contributed by atoms with van der Waals surface area (Å²) in [6, 6.07) is 15.7. The Morgan fingerprint density at radius 3 is 2.22 bits per heavy atom.